The first kappa shape index (κ1) is 56.8. The number of aliphatic carboxylic acids is 1. The Bertz CT molecular complexity index is 1880. The standard InChI is InChI=1S/C25H40N7O19P3S.3Li/c1-12(23(37)38)24(39)55-7-6-27-14(33)4-5-28-21(36)18(35)25(2,3)9-48-54(45,46)51-53(43,44)47-8-13-17(50-52(40,41)42)16(34)22(49-13)32-11-31-15-19(26)29-10-30-20(15)32;;;/h10-13,16-18,22,34-35H,4-9H2,1-3H3,(H,27,33)(H,28,36)(H,37,38)(H,43,44)(H,45,46)(H2,26,29,30)(H2,40,41,42);;;/q;3*+1/p-3. The number of carboxylic acids is 1. The van der Waals surface area contributed by atoms with Gasteiger partial charge in [-0.25, -0.2) is 19.3 Å². The number of phosphoric acid groups is 3. The summed E-state index contributed by atoms with van der Waals surface area (Å²) in [5, 5.41) is 34.2. The molecule has 310 valence electrons. The number of amides is 2. The third kappa shape index (κ3) is 16.9. The fourth-order valence-corrected chi connectivity index (χ4v) is 7.99. The van der Waals surface area contributed by atoms with E-state index < -0.39 is 102 Å². The van der Waals surface area contributed by atoms with Crippen molar-refractivity contribution in [1.82, 2.24) is 30.2 Å². The predicted octanol–water partition coefficient (Wildman–Crippen LogP) is -12.5. The summed E-state index contributed by atoms with van der Waals surface area (Å²) < 4.78 is 60.6. The minimum absolute atomic E-state index is 0. The first-order chi connectivity index (χ1) is 25.3. The van der Waals surface area contributed by atoms with Crippen molar-refractivity contribution in [3.05, 3.63) is 12.7 Å². The van der Waals surface area contributed by atoms with Gasteiger partial charge in [-0.15, -0.1) is 0 Å². The smallest absolute Gasteiger partial charge is 0.756 e. The topological polar surface area (TPSA) is 409 Å². The van der Waals surface area contributed by atoms with E-state index >= 15 is 0 Å². The van der Waals surface area contributed by atoms with Gasteiger partial charge >= 0.3 is 62.6 Å². The van der Waals surface area contributed by atoms with Gasteiger partial charge in [-0.1, -0.05) is 25.6 Å². The quantitative estimate of drug-likeness (QED) is 0.0265. The maximum absolute atomic E-state index is 12.5. The molecule has 26 nitrogen and oxygen atoms in total. The molecule has 1 aliphatic rings. The molecule has 8 N–H and O–H groups in total. The Morgan fingerprint density at radius 1 is 1.05 bits per heavy atom. The molecule has 0 saturated carbocycles. The van der Waals surface area contributed by atoms with Gasteiger partial charge < -0.3 is 69.6 Å². The van der Waals surface area contributed by atoms with Crippen LogP contribution in [0, 0.1) is 11.3 Å². The number of thioether (sulfide) groups is 1. The van der Waals surface area contributed by atoms with Crippen LogP contribution in [0.2, 0.25) is 0 Å². The van der Waals surface area contributed by atoms with Crippen LogP contribution in [0.1, 0.15) is 33.4 Å². The van der Waals surface area contributed by atoms with E-state index in [2.05, 4.69) is 43.5 Å². The SMILES string of the molecule is CC(C(=O)O)C(=O)SCCNC(=O)CCNC(=O)C(O)C(C)(C)COP(=O)([O-])OP(=O)([O-])OCC1OC(n2cnc3c(N)ncnc32)C(O)C1OP(=O)([O-])O.[Li+].[Li+].[Li+]. The summed E-state index contributed by atoms with van der Waals surface area (Å²) >= 11 is 0.716. The van der Waals surface area contributed by atoms with Gasteiger partial charge in [0.15, 0.2) is 17.7 Å². The monoisotopic (exact) mass is 885 g/mol. The largest absolute Gasteiger partial charge is 1.00 e. The van der Waals surface area contributed by atoms with E-state index in [0.29, 0.717) is 11.8 Å². The molecule has 2 amide bonds. The van der Waals surface area contributed by atoms with Crippen molar-refractivity contribution < 1.29 is 147 Å². The minimum atomic E-state index is -5.92. The fourth-order valence-electron chi connectivity index (χ4n) is 4.49. The Morgan fingerprint density at radius 3 is 2.28 bits per heavy atom. The maximum atomic E-state index is 12.5. The Balaban J connectivity index is 0.0000108. The molecule has 9 unspecified atom stereocenters. The minimum Gasteiger partial charge on any atom is -0.756 e. The van der Waals surface area contributed by atoms with E-state index in [-0.39, 0.29) is 98.8 Å². The van der Waals surface area contributed by atoms with Gasteiger partial charge in [-0.2, -0.15) is 0 Å². The van der Waals surface area contributed by atoms with Crippen LogP contribution in [0.3, 0.4) is 0 Å². The molecule has 1 saturated heterocycles. The first-order valence-corrected chi connectivity index (χ1v) is 21.0. The van der Waals surface area contributed by atoms with Crippen molar-refractivity contribution in [2.24, 2.45) is 11.3 Å². The number of hydrogen-bond donors (Lipinski definition) is 7. The summed E-state index contributed by atoms with van der Waals surface area (Å²) in [4.78, 5) is 104. The van der Waals surface area contributed by atoms with Crippen molar-refractivity contribution >= 4 is 75.1 Å². The molecule has 2 aromatic heterocycles. The van der Waals surface area contributed by atoms with Crippen LogP contribution < -0.4 is 87.6 Å². The molecule has 2 aromatic rings. The summed E-state index contributed by atoms with van der Waals surface area (Å²) in [6.45, 7) is 0.993. The van der Waals surface area contributed by atoms with Crippen molar-refractivity contribution in [3.63, 3.8) is 0 Å². The molecule has 33 heteroatoms. The maximum Gasteiger partial charge on any atom is 1.00 e. The molecule has 9 atom stereocenters. The summed E-state index contributed by atoms with van der Waals surface area (Å²) in [7, 11) is -17.4. The van der Waals surface area contributed by atoms with Crippen LogP contribution in [0.25, 0.3) is 11.2 Å². The van der Waals surface area contributed by atoms with Crippen LogP contribution in [0.15, 0.2) is 12.7 Å². The average molecular weight is 885 g/mol. The molecule has 58 heavy (non-hydrogen) atoms. The van der Waals surface area contributed by atoms with E-state index in [1.165, 1.54) is 20.8 Å². The molecule has 3 heterocycles. The number of aliphatic hydroxyl groups excluding tert-OH is 2. The van der Waals surface area contributed by atoms with E-state index in [1.807, 2.05) is 0 Å². The predicted molar refractivity (Wildman–Crippen MR) is 177 cm³/mol. The zero-order valence-electron chi connectivity index (χ0n) is 31.9. The van der Waals surface area contributed by atoms with Crippen LogP contribution in [-0.2, 0) is 55.5 Å². The van der Waals surface area contributed by atoms with Gasteiger partial charge in [0.05, 0.1) is 19.5 Å². The van der Waals surface area contributed by atoms with Gasteiger partial charge in [-0.3, -0.25) is 37.4 Å². The third-order valence-electron chi connectivity index (χ3n) is 7.45. The molecule has 0 aliphatic carbocycles. The first-order valence-electron chi connectivity index (χ1n) is 15.6. The second-order valence-electron chi connectivity index (χ2n) is 12.2. The molecule has 3 rings (SSSR count). The number of ether oxygens (including phenoxy) is 1. The van der Waals surface area contributed by atoms with Gasteiger partial charge in [0.1, 0.15) is 42.2 Å². The number of imidazole rings is 1. The van der Waals surface area contributed by atoms with E-state index in [0.717, 1.165) is 17.2 Å². The van der Waals surface area contributed by atoms with Crippen molar-refractivity contribution in [1.29, 1.82) is 0 Å². The second kappa shape index (κ2) is 23.9. The summed E-state index contributed by atoms with van der Waals surface area (Å²) in [6, 6.07) is 0. The number of carboxylic acid groups (broad SMARTS) is 1. The third-order valence-corrected chi connectivity index (χ3v) is 11.5. The van der Waals surface area contributed by atoms with Crippen LogP contribution in [0.4, 0.5) is 5.82 Å². The Kier molecular flexibility index (Phi) is 23.4. The van der Waals surface area contributed by atoms with E-state index in [9.17, 15) is 62.7 Å². The Morgan fingerprint density at radius 2 is 1.67 bits per heavy atom. The van der Waals surface area contributed by atoms with Crippen LogP contribution in [-0.4, -0.2) is 119 Å². The van der Waals surface area contributed by atoms with Crippen LogP contribution >= 0.6 is 35.2 Å². The molecule has 0 radical (unpaired) electrons. The number of carbonyl (C=O) groups excluding carboxylic acids is 3. The molecule has 1 fully saturated rings. The Hall–Kier alpha value is -1.18. The molecule has 1 aliphatic heterocycles. The molecular formula is C25H37Li3N7O19P3S. The van der Waals surface area contributed by atoms with Gasteiger partial charge in [0.2, 0.25) is 16.9 Å². The number of rotatable bonds is 21. The van der Waals surface area contributed by atoms with Gasteiger partial charge in [0, 0.05) is 30.7 Å². The van der Waals surface area contributed by atoms with Gasteiger partial charge in [-0.05, 0) is 6.92 Å². The molecule has 0 spiro atoms. The number of aromatic nitrogens is 4. The molecule has 0 aromatic carbocycles. The zero-order valence-corrected chi connectivity index (χ0v) is 35.4. The number of hydrogen-bond acceptors (Lipinski definition) is 22. The van der Waals surface area contributed by atoms with Gasteiger partial charge in [0.25, 0.3) is 23.5 Å². The zero-order chi connectivity index (χ0) is 41.5. The Labute approximate surface area is 369 Å². The fraction of sp³-hybridized carbons (Fsp3) is 0.640. The average Bonchev–Trinajstić information content (AvgIpc) is 3.64. The van der Waals surface area contributed by atoms with Crippen LogP contribution in [0.5, 0.6) is 0 Å². The van der Waals surface area contributed by atoms with E-state index in [4.69, 9.17) is 15.6 Å². The molecular weight excluding hydrogens is 848 g/mol. The number of fused-ring (bicyclic) bond motifs is 1. The summed E-state index contributed by atoms with van der Waals surface area (Å²) in [6.07, 6.45) is -7.59. The number of nitrogens with one attached hydrogen (secondary N) is 2. The number of nitrogens with zero attached hydrogens (tertiary/aromatic N) is 4. The number of carbonyl (C=O) groups is 4. The van der Waals surface area contributed by atoms with E-state index in [1.54, 1.807) is 0 Å². The van der Waals surface area contributed by atoms with Crippen molar-refractivity contribution in [2.45, 2.75) is 57.8 Å². The normalized spacial score (nSPS) is 22.0. The second-order valence-corrected chi connectivity index (χ2v) is 17.4. The number of phosphoric ester groups is 3. The summed E-state index contributed by atoms with van der Waals surface area (Å²) in [5.74, 6) is -4.12. The molecule has 0 bridgehead atoms. The van der Waals surface area contributed by atoms with Crippen molar-refractivity contribution in [2.75, 3.05) is 37.8 Å². The summed E-state index contributed by atoms with van der Waals surface area (Å²) in [5.41, 5.74) is 4.04. The number of nitrogens with two attached hydrogens (primary N) is 1. The number of nitrogen functional groups attached to an aromatic ring is 1. The van der Waals surface area contributed by atoms with Crippen molar-refractivity contribution in [3.8, 4) is 0 Å². The number of aliphatic hydroxyl groups is 2. The number of anilines is 1.